The molecule has 5 heteroatoms. The molecule has 15 heavy (non-hydrogen) atoms. The Morgan fingerprint density at radius 3 is 2.67 bits per heavy atom. The van der Waals surface area contributed by atoms with Crippen molar-refractivity contribution < 1.29 is 13.5 Å². The van der Waals surface area contributed by atoms with Crippen LogP contribution in [0.5, 0.6) is 0 Å². The Hall–Kier alpha value is -0.130. The largest absolute Gasteiger partial charge is 0.396 e. The van der Waals surface area contributed by atoms with Gasteiger partial charge in [-0.3, -0.25) is 0 Å². The molecule has 0 spiro atoms. The lowest BCUT2D eigenvalue weighted by atomic mass is 10.1. The molecule has 0 aromatic rings. The number of nitrogens with zero attached hydrogens (tertiary/aromatic N) is 1. The van der Waals surface area contributed by atoms with Gasteiger partial charge in [0.1, 0.15) is 0 Å². The van der Waals surface area contributed by atoms with Crippen LogP contribution in [-0.2, 0) is 10.0 Å². The number of rotatable bonds is 2. The van der Waals surface area contributed by atoms with Crippen LogP contribution in [0, 0.1) is 5.92 Å². The van der Waals surface area contributed by atoms with Gasteiger partial charge in [-0.2, -0.15) is 4.31 Å². The normalized spacial score (nSPS) is 36.9. The van der Waals surface area contributed by atoms with Crippen LogP contribution in [0.3, 0.4) is 0 Å². The number of aliphatic hydroxyl groups excluding tert-OH is 1. The molecule has 0 radical (unpaired) electrons. The van der Waals surface area contributed by atoms with E-state index in [0.717, 1.165) is 32.1 Å². The zero-order chi connectivity index (χ0) is 10.9. The number of sulfonamides is 1. The Labute approximate surface area is 91.3 Å². The van der Waals surface area contributed by atoms with E-state index in [1.807, 2.05) is 0 Å². The Bertz CT molecular complexity index is 315. The maximum Gasteiger partial charge on any atom is 0.214 e. The first-order valence-corrected chi connectivity index (χ1v) is 7.36. The van der Waals surface area contributed by atoms with E-state index in [4.69, 9.17) is 0 Å². The van der Waals surface area contributed by atoms with Gasteiger partial charge in [-0.15, -0.1) is 0 Å². The molecule has 2 fully saturated rings. The molecule has 2 unspecified atom stereocenters. The first-order valence-electron chi connectivity index (χ1n) is 5.75. The highest BCUT2D eigenvalue weighted by molar-refractivity contribution is 7.89. The van der Waals surface area contributed by atoms with Crippen molar-refractivity contribution in [1.82, 2.24) is 4.31 Å². The fraction of sp³-hybridized carbons (Fsp3) is 1.00. The summed E-state index contributed by atoms with van der Waals surface area (Å²) in [4.78, 5) is 0. The Balaban J connectivity index is 2.14. The van der Waals surface area contributed by atoms with Crippen LogP contribution in [0.15, 0.2) is 0 Å². The third-order valence-corrected chi connectivity index (χ3v) is 5.58. The topological polar surface area (TPSA) is 57.6 Å². The van der Waals surface area contributed by atoms with Crippen molar-refractivity contribution in [3.8, 4) is 0 Å². The zero-order valence-corrected chi connectivity index (χ0v) is 9.75. The van der Waals surface area contributed by atoms with Crippen molar-refractivity contribution in [3.05, 3.63) is 0 Å². The average molecular weight is 233 g/mol. The van der Waals surface area contributed by atoms with Gasteiger partial charge in [0.15, 0.2) is 0 Å². The van der Waals surface area contributed by atoms with Crippen molar-refractivity contribution in [2.24, 2.45) is 5.92 Å². The lowest BCUT2D eigenvalue weighted by Crippen LogP contribution is -2.47. The fourth-order valence-electron chi connectivity index (χ4n) is 2.79. The number of aliphatic hydroxyl groups is 1. The molecule has 2 atom stereocenters. The first-order chi connectivity index (χ1) is 7.15. The minimum absolute atomic E-state index is 0.0697. The molecule has 2 rings (SSSR count). The van der Waals surface area contributed by atoms with Gasteiger partial charge in [0, 0.05) is 19.2 Å². The molecule has 1 heterocycles. The summed E-state index contributed by atoms with van der Waals surface area (Å²) in [6.07, 6.45) is 4.68. The predicted molar refractivity (Wildman–Crippen MR) is 57.9 cm³/mol. The molecule has 0 aromatic heterocycles. The van der Waals surface area contributed by atoms with E-state index in [1.165, 1.54) is 0 Å². The molecule has 88 valence electrons. The molecule has 1 saturated carbocycles. The van der Waals surface area contributed by atoms with E-state index in [0.29, 0.717) is 12.3 Å². The minimum atomic E-state index is -3.03. The SMILES string of the molecule is O=S1(=O)CCCCN1C1CCCC1CO. The summed E-state index contributed by atoms with van der Waals surface area (Å²) >= 11 is 0. The Kier molecular flexibility index (Phi) is 3.33. The number of hydrogen-bond donors (Lipinski definition) is 1. The van der Waals surface area contributed by atoms with E-state index < -0.39 is 10.0 Å². The van der Waals surface area contributed by atoms with Crippen LogP contribution in [0.25, 0.3) is 0 Å². The summed E-state index contributed by atoms with van der Waals surface area (Å²) in [5.74, 6) is 0.458. The second-order valence-corrected chi connectivity index (χ2v) is 6.62. The second kappa shape index (κ2) is 4.39. The molecule has 0 aromatic carbocycles. The van der Waals surface area contributed by atoms with Crippen molar-refractivity contribution in [1.29, 1.82) is 0 Å². The van der Waals surface area contributed by atoms with Crippen molar-refractivity contribution in [2.45, 2.75) is 38.1 Å². The summed E-state index contributed by atoms with van der Waals surface area (Å²) < 4.78 is 25.4. The van der Waals surface area contributed by atoms with Gasteiger partial charge < -0.3 is 5.11 Å². The fourth-order valence-corrected chi connectivity index (χ4v) is 4.69. The van der Waals surface area contributed by atoms with E-state index in [-0.39, 0.29) is 18.6 Å². The highest BCUT2D eigenvalue weighted by Gasteiger charge is 2.38. The Morgan fingerprint density at radius 2 is 2.00 bits per heavy atom. The monoisotopic (exact) mass is 233 g/mol. The molecular weight excluding hydrogens is 214 g/mol. The molecule has 0 bridgehead atoms. The summed E-state index contributed by atoms with van der Waals surface area (Å²) in [5.41, 5.74) is 0. The van der Waals surface area contributed by atoms with E-state index in [1.54, 1.807) is 4.31 Å². The van der Waals surface area contributed by atoms with Crippen LogP contribution >= 0.6 is 0 Å². The summed E-state index contributed by atoms with van der Waals surface area (Å²) in [5, 5.41) is 9.22. The molecule has 0 amide bonds. The van der Waals surface area contributed by atoms with Crippen LogP contribution in [0.2, 0.25) is 0 Å². The van der Waals surface area contributed by atoms with Crippen molar-refractivity contribution in [3.63, 3.8) is 0 Å². The molecule has 1 aliphatic heterocycles. The lowest BCUT2D eigenvalue weighted by Gasteiger charge is -2.34. The second-order valence-electron chi connectivity index (χ2n) is 4.57. The van der Waals surface area contributed by atoms with Gasteiger partial charge in [0.25, 0.3) is 0 Å². The van der Waals surface area contributed by atoms with Crippen molar-refractivity contribution in [2.75, 3.05) is 18.9 Å². The van der Waals surface area contributed by atoms with Gasteiger partial charge in [-0.05, 0) is 31.6 Å². The average Bonchev–Trinajstić information content (AvgIpc) is 2.64. The Morgan fingerprint density at radius 1 is 1.20 bits per heavy atom. The summed E-state index contributed by atoms with van der Waals surface area (Å²) in [6, 6.07) is 0.0697. The van der Waals surface area contributed by atoms with Crippen molar-refractivity contribution >= 4 is 10.0 Å². The third-order valence-electron chi connectivity index (χ3n) is 3.61. The molecule has 2 aliphatic rings. The molecular formula is C10H19NO3S. The van der Waals surface area contributed by atoms with Crippen LogP contribution < -0.4 is 0 Å². The van der Waals surface area contributed by atoms with E-state index >= 15 is 0 Å². The van der Waals surface area contributed by atoms with Gasteiger partial charge in [0.2, 0.25) is 10.0 Å². The lowest BCUT2D eigenvalue weighted by molar-refractivity contribution is 0.166. The maximum atomic E-state index is 11.9. The maximum absolute atomic E-state index is 11.9. The molecule has 1 aliphatic carbocycles. The molecule has 1 saturated heterocycles. The smallest absolute Gasteiger partial charge is 0.214 e. The van der Waals surface area contributed by atoms with Crippen LogP contribution in [-0.4, -0.2) is 42.8 Å². The highest BCUT2D eigenvalue weighted by Crippen LogP contribution is 2.33. The molecule has 4 nitrogen and oxygen atoms in total. The standard InChI is InChI=1S/C10H19NO3S/c12-8-9-4-3-5-10(9)11-6-1-2-7-15(11,13)14/h9-10,12H,1-8H2. The zero-order valence-electron chi connectivity index (χ0n) is 8.93. The van der Waals surface area contributed by atoms with E-state index in [2.05, 4.69) is 0 Å². The number of hydrogen-bond acceptors (Lipinski definition) is 3. The third kappa shape index (κ3) is 2.19. The van der Waals surface area contributed by atoms with Gasteiger partial charge >= 0.3 is 0 Å². The van der Waals surface area contributed by atoms with Crippen LogP contribution in [0.1, 0.15) is 32.1 Å². The van der Waals surface area contributed by atoms with E-state index in [9.17, 15) is 13.5 Å². The quantitative estimate of drug-likeness (QED) is 0.758. The van der Waals surface area contributed by atoms with Gasteiger partial charge in [-0.1, -0.05) is 6.42 Å². The molecule has 1 N–H and O–H groups in total. The predicted octanol–water partition coefficient (Wildman–Crippen LogP) is 0.573. The first kappa shape index (κ1) is 11.4. The summed E-state index contributed by atoms with van der Waals surface area (Å²) in [7, 11) is -3.03. The highest BCUT2D eigenvalue weighted by atomic mass is 32.2. The van der Waals surface area contributed by atoms with Gasteiger partial charge in [0.05, 0.1) is 5.75 Å². The van der Waals surface area contributed by atoms with Gasteiger partial charge in [-0.25, -0.2) is 8.42 Å². The summed E-state index contributed by atoms with van der Waals surface area (Å²) in [6.45, 7) is 0.778. The minimum Gasteiger partial charge on any atom is -0.396 e. The van der Waals surface area contributed by atoms with Crippen LogP contribution in [0.4, 0.5) is 0 Å².